The van der Waals surface area contributed by atoms with Gasteiger partial charge in [-0.1, -0.05) is 13.3 Å². The molecule has 0 saturated heterocycles. The van der Waals surface area contributed by atoms with Crippen molar-refractivity contribution < 1.29 is 41.9 Å². The average Bonchev–Trinajstić information content (AvgIpc) is 1.66. The Morgan fingerprint density at radius 2 is 2.22 bits per heavy atom. The maximum Gasteiger partial charge on any atom is 0.505 e. The second-order valence-electron chi connectivity index (χ2n) is 1.47. The zero-order chi connectivity index (χ0) is 6.41. The van der Waals surface area contributed by atoms with E-state index in [1.165, 1.54) is 0 Å². The van der Waals surface area contributed by atoms with E-state index < -0.39 is 6.16 Å². The Morgan fingerprint density at radius 1 is 1.67 bits per heavy atom. The number of carbonyl (C=O) groups is 1. The summed E-state index contributed by atoms with van der Waals surface area (Å²) in [6.07, 6.45) is 0.595. The molecule has 0 aliphatic carbocycles. The van der Waals surface area contributed by atoms with E-state index in [4.69, 9.17) is 5.11 Å². The number of hydrogen-bond donors (Lipinski definition) is 1. The minimum Gasteiger partial charge on any atom is -0.450 e. The number of rotatable bonds is 3. The van der Waals surface area contributed by atoms with Crippen LogP contribution in [0.15, 0.2) is 0 Å². The second kappa shape index (κ2) is 8.19. The van der Waals surface area contributed by atoms with Crippen molar-refractivity contribution in [2.45, 2.75) is 19.8 Å². The molecule has 0 bridgehead atoms. The molecule has 0 atom stereocenters. The minimum absolute atomic E-state index is 0. The summed E-state index contributed by atoms with van der Waals surface area (Å²) >= 11 is 0. The van der Waals surface area contributed by atoms with Crippen LogP contribution >= 0.6 is 0 Å². The van der Waals surface area contributed by atoms with Crippen LogP contribution in [0.1, 0.15) is 19.8 Å². The van der Waals surface area contributed by atoms with E-state index in [1.807, 2.05) is 6.92 Å². The summed E-state index contributed by atoms with van der Waals surface area (Å²) in [6.45, 7) is 2.30. The van der Waals surface area contributed by atoms with Crippen LogP contribution in [-0.4, -0.2) is 17.9 Å². The van der Waals surface area contributed by atoms with E-state index in [9.17, 15) is 4.79 Å². The average molecular weight is 231 g/mol. The molecule has 0 saturated carbocycles. The molecule has 0 fully saturated rings. The van der Waals surface area contributed by atoms with Crippen molar-refractivity contribution >= 4 is 6.16 Å². The van der Waals surface area contributed by atoms with Crippen molar-refractivity contribution in [2.24, 2.45) is 0 Å². The molecule has 0 aromatic rings. The summed E-state index contributed by atoms with van der Waals surface area (Å²) in [5.74, 6) is 0. The Balaban J connectivity index is 0. The standard InChI is InChI=1S/C5H10O3.Cd/c1-2-3-4-8-5(6)7;/h2-4H2,1H3,(H,6,7);. The molecule has 3 nitrogen and oxygen atoms in total. The number of carboxylic acid groups (broad SMARTS) is 1. The summed E-state index contributed by atoms with van der Waals surface area (Å²) in [4.78, 5) is 9.65. The van der Waals surface area contributed by atoms with Gasteiger partial charge < -0.3 is 9.84 Å². The summed E-state index contributed by atoms with van der Waals surface area (Å²) < 4.78 is 4.20. The third-order valence-corrected chi connectivity index (χ3v) is 0.723. The molecule has 0 aliphatic heterocycles. The molecule has 0 aliphatic rings. The van der Waals surface area contributed by atoms with Gasteiger partial charge in [0.2, 0.25) is 0 Å². The smallest absolute Gasteiger partial charge is 0.450 e. The first-order valence-corrected chi connectivity index (χ1v) is 2.63. The quantitative estimate of drug-likeness (QED) is 0.454. The maximum atomic E-state index is 9.65. The Morgan fingerprint density at radius 3 is 2.56 bits per heavy atom. The molecule has 0 amide bonds. The zero-order valence-electron chi connectivity index (χ0n) is 5.59. The first-order chi connectivity index (χ1) is 3.77. The van der Waals surface area contributed by atoms with Crippen molar-refractivity contribution in [3.05, 3.63) is 0 Å². The topological polar surface area (TPSA) is 46.5 Å². The predicted octanol–water partition coefficient (Wildman–Crippen LogP) is 1.48. The summed E-state index contributed by atoms with van der Waals surface area (Å²) in [5.41, 5.74) is 0. The van der Waals surface area contributed by atoms with E-state index in [0.717, 1.165) is 12.8 Å². The van der Waals surface area contributed by atoms with Crippen LogP contribution in [0.25, 0.3) is 0 Å². The van der Waals surface area contributed by atoms with Gasteiger partial charge in [0.25, 0.3) is 0 Å². The van der Waals surface area contributed by atoms with Crippen molar-refractivity contribution in [1.82, 2.24) is 0 Å². The van der Waals surface area contributed by atoms with E-state index in [0.29, 0.717) is 6.61 Å². The predicted molar refractivity (Wildman–Crippen MR) is 28.9 cm³/mol. The molecule has 0 aromatic carbocycles. The zero-order valence-corrected chi connectivity index (χ0v) is 9.63. The third kappa shape index (κ3) is 11.7. The molecule has 9 heavy (non-hydrogen) atoms. The largest absolute Gasteiger partial charge is 0.505 e. The van der Waals surface area contributed by atoms with Gasteiger partial charge in [0.1, 0.15) is 0 Å². The van der Waals surface area contributed by atoms with Gasteiger partial charge in [0.15, 0.2) is 0 Å². The molecular weight excluding hydrogens is 220 g/mol. The third-order valence-electron chi connectivity index (χ3n) is 0.723. The second-order valence-corrected chi connectivity index (χ2v) is 1.47. The fourth-order valence-corrected chi connectivity index (χ4v) is 0.304. The van der Waals surface area contributed by atoms with Crippen LogP contribution in [-0.2, 0) is 32.0 Å². The number of hydrogen-bond acceptors (Lipinski definition) is 2. The molecule has 1 N–H and O–H groups in total. The van der Waals surface area contributed by atoms with Crippen LogP contribution in [0.5, 0.6) is 0 Å². The summed E-state index contributed by atoms with van der Waals surface area (Å²) in [5, 5.41) is 7.92. The van der Waals surface area contributed by atoms with Crippen LogP contribution in [0.4, 0.5) is 4.79 Å². The molecule has 4 heteroatoms. The molecule has 0 heterocycles. The SMILES string of the molecule is CCCCOC(=O)O.[Cd]. The molecule has 0 spiro atoms. The van der Waals surface area contributed by atoms with Gasteiger partial charge >= 0.3 is 6.16 Å². The maximum absolute atomic E-state index is 9.65. The molecular formula is C5H10CdO3. The fourth-order valence-electron chi connectivity index (χ4n) is 0.304. The minimum atomic E-state index is -1.18. The van der Waals surface area contributed by atoms with Gasteiger partial charge in [-0.25, -0.2) is 4.79 Å². The van der Waals surface area contributed by atoms with Gasteiger partial charge in [0, 0.05) is 27.3 Å². The van der Waals surface area contributed by atoms with Crippen molar-refractivity contribution in [3.8, 4) is 0 Å². The van der Waals surface area contributed by atoms with E-state index >= 15 is 0 Å². The fraction of sp³-hybridized carbons (Fsp3) is 0.800. The molecule has 0 unspecified atom stereocenters. The van der Waals surface area contributed by atoms with E-state index in [1.54, 1.807) is 0 Å². The Hall–Kier alpha value is 0.192. The van der Waals surface area contributed by atoms with Gasteiger partial charge in [0.05, 0.1) is 6.61 Å². The first-order valence-electron chi connectivity index (χ1n) is 2.63. The van der Waals surface area contributed by atoms with Gasteiger partial charge in [-0.2, -0.15) is 0 Å². The van der Waals surface area contributed by atoms with Crippen LogP contribution in [0, 0.1) is 0 Å². The van der Waals surface area contributed by atoms with Crippen LogP contribution < -0.4 is 0 Å². The molecule has 0 radical (unpaired) electrons. The Kier molecular flexibility index (Phi) is 10.9. The molecule has 0 rings (SSSR count). The van der Waals surface area contributed by atoms with E-state index in [2.05, 4.69) is 4.74 Å². The van der Waals surface area contributed by atoms with Crippen LogP contribution in [0.2, 0.25) is 0 Å². The van der Waals surface area contributed by atoms with Gasteiger partial charge in [-0.15, -0.1) is 0 Å². The normalized spacial score (nSPS) is 7.67. The van der Waals surface area contributed by atoms with Gasteiger partial charge in [-0.3, -0.25) is 0 Å². The monoisotopic (exact) mass is 232 g/mol. The number of unbranched alkanes of at least 4 members (excludes halogenated alkanes) is 1. The number of ether oxygens (including phenoxy) is 1. The van der Waals surface area contributed by atoms with Crippen molar-refractivity contribution in [1.29, 1.82) is 0 Å². The Labute approximate surface area is 74.6 Å². The molecule has 50 valence electrons. The van der Waals surface area contributed by atoms with E-state index in [-0.39, 0.29) is 27.3 Å². The van der Waals surface area contributed by atoms with Crippen LogP contribution in [0.3, 0.4) is 0 Å². The van der Waals surface area contributed by atoms with Crippen molar-refractivity contribution in [2.75, 3.05) is 6.61 Å². The summed E-state index contributed by atoms with van der Waals surface area (Å²) in [6, 6.07) is 0. The molecule has 0 aromatic heterocycles. The van der Waals surface area contributed by atoms with Crippen molar-refractivity contribution in [3.63, 3.8) is 0 Å². The Bertz CT molecular complexity index is 74.6. The van der Waals surface area contributed by atoms with Gasteiger partial charge in [-0.05, 0) is 6.42 Å². The summed E-state index contributed by atoms with van der Waals surface area (Å²) in [7, 11) is 0. The first kappa shape index (κ1) is 11.9.